The van der Waals surface area contributed by atoms with Crippen LogP contribution in [0.5, 0.6) is 11.5 Å². The van der Waals surface area contributed by atoms with Crippen LogP contribution in [0.2, 0.25) is 0 Å². The zero-order valence-corrected chi connectivity index (χ0v) is 19.9. The Morgan fingerprint density at radius 3 is 2.26 bits per heavy atom. The summed E-state index contributed by atoms with van der Waals surface area (Å²) in [5, 5.41) is 8.62. The fourth-order valence-corrected chi connectivity index (χ4v) is 4.70. The van der Waals surface area contributed by atoms with Crippen molar-refractivity contribution in [2.45, 2.75) is 57.8 Å². The summed E-state index contributed by atoms with van der Waals surface area (Å²) in [6, 6.07) is 5.54. The number of benzene rings is 1. The molecule has 0 radical (unpaired) electrons. The van der Waals surface area contributed by atoms with E-state index < -0.39 is 5.97 Å². The number of carboxylic acids is 1. The minimum atomic E-state index is -0.714. The Hall–Kier alpha value is -2.06. The van der Waals surface area contributed by atoms with Crippen molar-refractivity contribution in [2.75, 3.05) is 20.8 Å². The summed E-state index contributed by atoms with van der Waals surface area (Å²) in [5.41, 5.74) is 0.863. The average molecular weight is 466 g/mol. The first-order valence-corrected chi connectivity index (χ1v) is 11.9. The van der Waals surface area contributed by atoms with Crippen molar-refractivity contribution in [1.29, 1.82) is 0 Å². The summed E-state index contributed by atoms with van der Waals surface area (Å²) < 4.78 is 11.2. The highest BCUT2D eigenvalue weighted by molar-refractivity contribution is 8.26. The van der Waals surface area contributed by atoms with Crippen molar-refractivity contribution in [3.8, 4) is 11.5 Å². The van der Waals surface area contributed by atoms with E-state index in [1.165, 1.54) is 11.8 Å². The van der Waals surface area contributed by atoms with Crippen molar-refractivity contribution in [3.63, 3.8) is 0 Å². The second-order valence-corrected chi connectivity index (χ2v) is 9.10. The molecule has 31 heavy (non-hydrogen) atoms. The predicted molar refractivity (Wildman–Crippen MR) is 129 cm³/mol. The number of nitrogens with zero attached hydrogens (tertiary/aromatic N) is 1. The highest BCUT2D eigenvalue weighted by Gasteiger charge is 2.31. The van der Waals surface area contributed by atoms with Gasteiger partial charge in [0.2, 0.25) is 0 Å². The van der Waals surface area contributed by atoms with Crippen LogP contribution in [0.1, 0.15) is 63.4 Å². The number of carbonyl (C=O) groups is 2. The molecule has 8 heteroatoms. The molecule has 1 aromatic rings. The molecular weight excluding hydrogens is 434 g/mol. The van der Waals surface area contributed by atoms with E-state index in [1.807, 2.05) is 24.3 Å². The molecule has 0 bridgehead atoms. The van der Waals surface area contributed by atoms with Gasteiger partial charge in [0, 0.05) is 13.0 Å². The van der Waals surface area contributed by atoms with Crippen LogP contribution in [-0.4, -0.2) is 47.0 Å². The molecule has 170 valence electrons. The lowest BCUT2D eigenvalue weighted by Gasteiger charge is -2.14. The van der Waals surface area contributed by atoms with Gasteiger partial charge in [0.25, 0.3) is 5.91 Å². The van der Waals surface area contributed by atoms with Gasteiger partial charge in [-0.05, 0) is 36.6 Å². The molecule has 1 fully saturated rings. The quantitative estimate of drug-likeness (QED) is 0.221. The van der Waals surface area contributed by atoms with Gasteiger partial charge >= 0.3 is 5.97 Å². The van der Waals surface area contributed by atoms with E-state index in [-0.39, 0.29) is 12.3 Å². The van der Waals surface area contributed by atoms with Crippen LogP contribution in [0.4, 0.5) is 0 Å². The molecule has 0 aliphatic carbocycles. The third kappa shape index (κ3) is 8.18. The largest absolute Gasteiger partial charge is 0.493 e. The lowest BCUT2D eigenvalue weighted by Crippen LogP contribution is -2.29. The average Bonchev–Trinajstić information content (AvgIpc) is 3.01. The summed E-state index contributed by atoms with van der Waals surface area (Å²) in [4.78, 5) is 25.6. The summed E-state index contributed by atoms with van der Waals surface area (Å²) in [5.74, 6) is 0.513. The Labute approximate surface area is 194 Å². The first-order valence-electron chi connectivity index (χ1n) is 10.7. The van der Waals surface area contributed by atoms with E-state index in [9.17, 15) is 9.59 Å². The van der Waals surface area contributed by atoms with Crippen molar-refractivity contribution in [2.24, 2.45) is 0 Å². The minimum Gasteiger partial charge on any atom is -0.493 e. The molecule has 1 amide bonds. The van der Waals surface area contributed by atoms with Crippen LogP contribution in [-0.2, 0) is 9.59 Å². The molecule has 1 aromatic carbocycles. The highest BCUT2D eigenvalue weighted by Crippen LogP contribution is 2.34. The van der Waals surface area contributed by atoms with Gasteiger partial charge in [-0.3, -0.25) is 14.5 Å². The zero-order chi connectivity index (χ0) is 22.6. The summed E-state index contributed by atoms with van der Waals surface area (Å²) in [6.45, 7) is 0.645. The number of carbonyl (C=O) groups excluding carboxylic acids is 1. The van der Waals surface area contributed by atoms with Gasteiger partial charge in [-0.1, -0.05) is 68.6 Å². The third-order valence-electron chi connectivity index (χ3n) is 5.10. The van der Waals surface area contributed by atoms with Gasteiger partial charge in [-0.2, -0.15) is 0 Å². The number of amides is 1. The first kappa shape index (κ1) is 25.2. The maximum atomic E-state index is 12.8. The van der Waals surface area contributed by atoms with Crippen LogP contribution in [0.25, 0.3) is 6.08 Å². The second-order valence-electron chi connectivity index (χ2n) is 7.42. The van der Waals surface area contributed by atoms with Crippen molar-refractivity contribution in [1.82, 2.24) is 4.90 Å². The SMILES string of the molecule is COc1ccc(/C=C2\SC(=S)N(CCCCCCCCCCC(=O)O)C2=O)cc1OC. The van der Waals surface area contributed by atoms with Crippen LogP contribution in [0, 0.1) is 0 Å². The van der Waals surface area contributed by atoms with Crippen LogP contribution >= 0.6 is 24.0 Å². The first-order chi connectivity index (χ1) is 15.0. The molecule has 0 aromatic heterocycles. The zero-order valence-electron chi connectivity index (χ0n) is 18.2. The number of methoxy groups -OCH3 is 2. The minimum absolute atomic E-state index is 0.0387. The Kier molecular flexibility index (Phi) is 10.9. The van der Waals surface area contributed by atoms with Gasteiger partial charge in [-0.15, -0.1) is 0 Å². The fraction of sp³-hybridized carbons (Fsp3) is 0.522. The molecule has 0 unspecified atom stereocenters. The normalized spacial score (nSPS) is 15.0. The topological polar surface area (TPSA) is 76.1 Å². The van der Waals surface area contributed by atoms with E-state index in [0.717, 1.165) is 56.9 Å². The maximum absolute atomic E-state index is 12.8. The van der Waals surface area contributed by atoms with Crippen molar-refractivity contribution >= 4 is 46.3 Å². The highest BCUT2D eigenvalue weighted by atomic mass is 32.2. The molecule has 0 atom stereocenters. The Balaban J connectivity index is 1.73. The maximum Gasteiger partial charge on any atom is 0.303 e. The lowest BCUT2D eigenvalue weighted by atomic mass is 10.1. The number of thiocarbonyl (C=S) groups is 1. The van der Waals surface area contributed by atoms with E-state index >= 15 is 0 Å². The van der Waals surface area contributed by atoms with E-state index in [2.05, 4.69) is 0 Å². The van der Waals surface area contributed by atoms with Gasteiger partial charge < -0.3 is 14.6 Å². The molecule has 0 saturated carbocycles. The fourth-order valence-electron chi connectivity index (χ4n) is 3.39. The van der Waals surface area contributed by atoms with Gasteiger partial charge in [0.1, 0.15) is 4.32 Å². The van der Waals surface area contributed by atoms with Gasteiger partial charge in [0.15, 0.2) is 11.5 Å². The molecule has 0 spiro atoms. The number of thioether (sulfide) groups is 1. The number of aliphatic carboxylic acids is 1. The van der Waals surface area contributed by atoms with E-state index in [0.29, 0.717) is 27.3 Å². The number of unbranched alkanes of at least 4 members (excludes halogenated alkanes) is 7. The Bertz CT molecular complexity index is 809. The van der Waals surface area contributed by atoms with Crippen LogP contribution in [0.15, 0.2) is 23.1 Å². The number of ether oxygens (including phenoxy) is 2. The molecule has 1 aliphatic rings. The Morgan fingerprint density at radius 2 is 1.65 bits per heavy atom. The Morgan fingerprint density at radius 1 is 1.03 bits per heavy atom. The monoisotopic (exact) mass is 465 g/mol. The number of hydrogen-bond donors (Lipinski definition) is 1. The second kappa shape index (κ2) is 13.4. The molecular formula is C23H31NO5S2. The molecule has 1 N–H and O–H groups in total. The van der Waals surface area contributed by atoms with Gasteiger partial charge in [-0.25, -0.2) is 0 Å². The lowest BCUT2D eigenvalue weighted by molar-refractivity contribution is -0.137. The summed E-state index contributed by atoms with van der Waals surface area (Å²) >= 11 is 6.75. The predicted octanol–water partition coefficient (Wildman–Crippen LogP) is 5.50. The number of carboxylic acid groups (broad SMARTS) is 1. The van der Waals surface area contributed by atoms with Gasteiger partial charge in [0.05, 0.1) is 19.1 Å². The molecule has 1 heterocycles. The molecule has 2 rings (SSSR count). The molecule has 6 nitrogen and oxygen atoms in total. The van der Waals surface area contributed by atoms with E-state index in [1.54, 1.807) is 19.1 Å². The number of rotatable bonds is 14. The smallest absolute Gasteiger partial charge is 0.303 e. The van der Waals surface area contributed by atoms with Crippen molar-refractivity contribution < 1.29 is 24.2 Å². The van der Waals surface area contributed by atoms with E-state index in [4.69, 9.17) is 26.8 Å². The standard InChI is InChI=1S/C23H31NO5S2/c1-28-18-13-12-17(15-19(18)29-2)16-20-22(27)24(23(30)31-20)14-10-8-6-4-3-5-7-9-11-21(25)26/h12-13,15-16H,3-11,14H2,1-2H3,(H,25,26)/b20-16-. The summed E-state index contributed by atoms with van der Waals surface area (Å²) in [7, 11) is 3.17. The van der Waals surface area contributed by atoms with Crippen molar-refractivity contribution in [3.05, 3.63) is 28.7 Å². The third-order valence-corrected chi connectivity index (χ3v) is 6.48. The summed E-state index contributed by atoms with van der Waals surface area (Å²) in [6.07, 6.45) is 10.3. The van der Waals surface area contributed by atoms with Crippen LogP contribution in [0.3, 0.4) is 0 Å². The molecule has 1 saturated heterocycles. The van der Waals surface area contributed by atoms with Crippen LogP contribution < -0.4 is 9.47 Å². The molecule has 1 aliphatic heterocycles. The number of hydrogen-bond acceptors (Lipinski definition) is 6.